The third-order valence-electron chi connectivity index (χ3n) is 12.8. The van der Waals surface area contributed by atoms with Gasteiger partial charge >= 0.3 is 0 Å². The Morgan fingerprint density at radius 1 is 0.390 bits per heavy atom. The van der Waals surface area contributed by atoms with Gasteiger partial charge in [-0.05, 0) is 99.8 Å². The van der Waals surface area contributed by atoms with Gasteiger partial charge in [0.15, 0.2) is 0 Å². The number of fused-ring (bicyclic) bond motifs is 12. The molecule has 0 fully saturated rings. The van der Waals surface area contributed by atoms with Crippen LogP contribution in [0.25, 0.3) is 114 Å². The van der Waals surface area contributed by atoms with Gasteiger partial charge in [0, 0.05) is 48.3 Å². The van der Waals surface area contributed by atoms with Crippen molar-refractivity contribution in [1.29, 1.82) is 0 Å². The molecule has 0 atom stereocenters. The van der Waals surface area contributed by atoms with Crippen LogP contribution in [0.4, 0.5) is 0 Å². The molecule has 0 spiro atoms. The van der Waals surface area contributed by atoms with Gasteiger partial charge in [-0.15, -0.1) is 11.3 Å². The maximum Gasteiger partial charge on any atom is 0.0637 e. The molecule has 0 aliphatic heterocycles. The zero-order valence-electron chi connectivity index (χ0n) is 32.2. The van der Waals surface area contributed by atoms with Crippen LogP contribution in [0.1, 0.15) is 17.7 Å². The monoisotopic (exact) mass is 768 g/mol. The van der Waals surface area contributed by atoms with Crippen molar-refractivity contribution < 1.29 is 0 Å². The number of aromatic nitrogens is 2. The molecule has 0 amide bonds. The Hall–Kier alpha value is -7.20. The van der Waals surface area contributed by atoms with E-state index in [-0.39, 0.29) is 0 Å². The largest absolute Gasteiger partial charge is 0.312 e. The molecule has 3 aromatic heterocycles. The molecule has 0 radical (unpaired) electrons. The van der Waals surface area contributed by atoms with E-state index < -0.39 is 0 Å². The molecule has 3 heterocycles. The third-order valence-corrected chi connectivity index (χ3v) is 14.0. The Morgan fingerprint density at radius 3 is 1.81 bits per heavy atom. The lowest BCUT2D eigenvalue weighted by Crippen LogP contribution is -2.03. The number of allylic oxidation sites excluding steroid dienone is 1. The fourth-order valence-corrected chi connectivity index (χ4v) is 11.3. The summed E-state index contributed by atoms with van der Waals surface area (Å²) in [6.07, 6.45) is 6.79. The fraction of sp³-hybridized carbons (Fsp3) is 0.0357. The highest BCUT2D eigenvalue weighted by Gasteiger charge is 2.22. The van der Waals surface area contributed by atoms with E-state index in [2.05, 4.69) is 203 Å². The van der Waals surface area contributed by atoms with Crippen molar-refractivity contribution in [3.8, 4) is 33.6 Å². The summed E-state index contributed by atoms with van der Waals surface area (Å²) in [5.41, 5.74) is 13.9. The van der Waals surface area contributed by atoms with Gasteiger partial charge in [0.25, 0.3) is 0 Å². The maximum atomic E-state index is 2.55. The van der Waals surface area contributed by atoms with Crippen LogP contribution >= 0.6 is 11.3 Å². The molecule has 276 valence electrons. The van der Waals surface area contributed by atoms with E-state index in [0.717, 1.165) is 12.8 Å². The lowest BCUT2D eigenvalue weighted by atomic mass is 9.97. The molecule has 2 nitrogen and oxygen atoms in total. The van der Waals surface area contributed by atoms with Crippen LogP contribution in [-0.4, -0.2) is 9.13 Å². The van der Waals surface area contributed by atoms with Crippen molar-refractivity contribution in [1.82, 2.24) is 9.13 Å². The van der Waals surface area contributed by atoms with Crippen LogP contribution in [0.2, 0.25) is 0 Å². The minimum atomic E-state index is 1.04. The summed E-state index contributed by atoms with van der Waals surface area (Å²) in [6.45, 7) is 0. The van der Waals surface area contributed by atoms with Gasteiger partial charge in [0.05, 0.1) is 32.6 Å². The normalized spacial score (nSPS) is 12.9. The molecule has 1 aliphatic carbocycles. The summed E-state index contributed by atoms with van der Waals surface area (Å²) < 4.78 is 7.71. The van der Waals surface area contributed by atoms with Gasteiger partial charge < -0.3 is 9.13 Å². The third kappa shape index (κ3) is 4.86. The van der Waals surface area contributed by atoms with Crippen molar-refractivity contribution in [3.05, 3.63) is 199 Å². The van der Waals surface area contributed by atoms with E-state index in [4.69, 9.17) is 0 Å². The predicted octanol–water partition coefficient (Wildman–Crippen LogP) is 15.7. The van der Waals surface area contributed by atoms with Crippen LogP contribution in [-0.2, 0) is 6.42 Å². The fourth-order valence-electron chi connectivity index (χ4n) is 10.1. The number of para-hydroxylation sites is 1. The summed E-state index contributed by atoms with van der Waals surface area (Å²) in [4.78, 5) is 0. The Kier molecular flexibility index (Phi) is 7.04. The molecular formula is C56H36N2S. The quantitative estimate of drug-likeness (QED) is 0.158. The number of hydrogen-bond acceptors (Lipinski definition) is 1. The van der Waals surface area contributed by atoms with E-state index >= 15 is 0 Å². The average molecular weight is 769 g/mol. The first-order valence-electron chi connectivity index (χ1n) is 20.6. The summed E-state index contributed by atoms with van der Waals surface area (Å²) in [7, 11) is 0. The lowest BCUT2D eigenvalue weighted by Gasteiger charge is -2.14. The molecule has 0 saturated heterocycles. The zero-order valence-corrected chi connectivity index (χ0v) is 33.0. The van der Waals surface area contributed by atoms with Crippen LogP contribution in [0, 0.1) is 0 Å². The molecule has 0 N–H and O–H groups in total. The molecule has 0 unspecified atom stereocenters. The Labute approximate surface area is 345 Å². The predicted molar refractivity (Wildman–Crippen MR) is 254 cm³/mol. The molecule has 9 aromatic carbocycles. The molecule has 13 rings (SSSR count). The minimum Gasteiger partial charge on any atom is -0.312 e. The Balaban J connectivity index is 0.908. The van der Waals surface area contributed by atoms with Gasteiger partial charge in [-0.3, -0.25) is 0 Å². The molecule has 0 saturated carbocycles. The van der Waals surface area contributed by atoms with E-state index in [1.165, 1.54) is 119 Å². The van der Waals surface area contributed by atoms with Gasteiger partial charge in [-0.25, -0.2) is 0 Å². The highest BCUT2D eigenvalue weighted by Crippen LogP contribution is 2.43. The lowest BCUT2D eigenvalue weighted by molar-refractivity contribution is 0.892. The highest BCUT2D eigenvalue weighted by molar-refractivity contribution is 7.26. The maximum absolute atomic E-state index is 2.55. The molecule has 1 aliphatic rings. The SMILES string of the molecule is C1=Cc2c(n(-c3cccc4c3sc3ccccc34)c3ccc(-c4ccc(-c5ccc6c(c5)c5ccccc5n6-c5cc6ccccc6c6ccccc56)cc4)cc23)CC1. The van der Waals surface area contributed by atoms with E-state index in [1.54, 1.807) is 0 Å². The van der Waals surface area contributed by atoms with Crippen molar-refractivity contribution >= 4 is 91.8 Å². The van der Waals surface area contributed by atoms with Gasteiger partial charge in [0.1, 0.15) is 0 Å². The van der Waals surface area contributed by atoms with E-state index in [0.29, 0.717) is 0 Å². The first-order chi connectivity index (χ1) is 29.3. The molecule has 12 aromatic rings. The van der Waals surface area contributed by atoms with Crippen LogP contribution in [0.15, 0.2) is 188 Å². The van der Waals surface area contributed by atoms with E-state index in [9.17, 15) is 0 Å². The first kappa shape index (κ1) is 32.8. The van der Waals surface area contributed by atoms with Crippen molar-refractivity contribution in [2.75, 3.05) is 0 Å². The van der Waals surface area contributed by atoms with Gasteiger partial charge in [-0.1, -0.05) is 146 Å². The van der Waals surface area contributed by atoms with E-state index in [1.807, 2.05) is 11.3 Å². The van der Waals surface area contributed by atoms with Crippen molar-refractivity contribution in [2.24, 2.45) is 0 Å². The smallest absolute Gasteiger partial charge is 0.0637 e. The topological polar surface area (TPSA) is 9.86 Å². The number of benzene rings is 9. The average Bonchev–Trinajstić information content (AvgIpc) is 3.96. The summed E-state index contributed by atoms with van der Waals surface area (Å²) >= 11 is 1.91. The van der Waals surface area contributed by atoms with Crippen LogP contribution < -0.4 is 0 Å². The van der Waals surface area contributed by atoms with Crippen LogP contribution in [0.3, 0.4) is 0 Å². The number of nitrogens with zero attached hydrogens (tertiary/aromatic N) is 2. The molecule has 0 bridgehead atoms. The minimum absolute atomic E-state index is 1.04. The summed E-state index contributed by atoms with van der Waals surface area (Å²) in [6, 6.07) is 67.6. The Morgan fingerprint density at radius 2 is 1.00 bits per heavy atom. The number of thiophene rings is 1. The number of rotatable bonds is 4. The van der Waals surface area contributed by atoms with Gasteiger partial charge in [0.2, 0.25) is 0 Å². The second-order valence-corrected chi connectivity index (χ2v) is 17.0. The van der Waals surface area contributed by atoms with Crippen molar-refractivity contribution in [3.63, 3.8) is 0 Å². The summed E-state index contributed by atoms with van der Waals surface area (Å²) in [5.74, 6) is 0. The second kappa shape index (κ2) is 12.6. The van der Waals surface area contributed by atoms with Gasteiger partial charge in [-0.2, -0.15) is 0 Å². The number of hydrogen-bond donors (Lipinski definition) is 0. The molecule has 3 heteroatoms. The molecule has 59 heavy (non-hydrogen) atoms. The second-order valence-electron chi connectivity index (χ2n) is 15.9. The zero-order chi connectivity index (χ0) is 38.6. The van der Waals surface area contributed by atoms with Crippen molar-refractivity contribution in [2.45, 2.75) is 12.8 Å². The summed E-state index contributed by atoms with van der Waals surface area (Å²) in [5, 5.41) is 11.6. The standard InChI is InChI=1S/C56H36N2S/c1-2-13-40-39(12-1)34-54(42-15-4-3-14-41(40)42)58-50-21-9-6-17-44(50)48-33-38(29-31-52(48)58)36-26-24-35(25-27-36)37-28-30-51-47(32-37)43-16-5-8-20-49(43)57(51)53-22-11-19-46-45-18-7-10-23-55(45)59-56(46)53/h1-7,9-19,21-34H,8,20H2. The highest BCUT2D eigenvalue weighted by atomic mass is 32.1. The first-order valence-corrected chi connectivity index (χ1v) is 21.4. The van der Waals surface area contributed by atoms with Crippen LogP contribution in [0.5, 0.6) is 0 Å². The Bertz CT molecular complexity index is 3720. The molecular weight excluding hydrogens is 733 g/mol.